The molecule has 6 heteroatoms. The Bertz CT molecular complexity index is 7720. The van der Waals surface area contributed by atoms with Gasteiger partial charge in [-0.1, -0.05) is 405 Å². The first kappa shape index (κ1) is 89.6. The number of hydrogen-bond donors (Lipinski definition) is 0. The summed E-state index contributed by atoms with van der Waals surface area (Å²) in [4.78, 5) is 6.78. The van der Waals surface area contributed by atoms with Crippen molar-refractivity contribution in [3.63, 3.8) is 0 Å². The predicted molar refractivity (Wildman–Crippen MR) is 592 cm³/mol. The summed E-state index contributed by atoms with van der Waals surface area (Å²) in [7, 11) is 8.50. The summed E-state index contributed by atoms with van der Waals surface area (Å²) >= 11 is 0. The lowest BCUT2D eigenvalue weighted by molar-refractivity contribution is 1.01. The Balaban J connectivity index is 0.000000107. The number of hydrogen-bond acceptors (Lipinski definition) is 3. The third-order valence-electron chi connectivity index (χ3n) is 25.9. The third kappa shape index (κ3) is 20.5. The number of aromatic nitrogens is 3. The van der Waals surface area contributed by atoms with Crippen LogP contribution in [-0.2, 0) is 21.1 Å². The van der Waals surface area contributed by atoms with Gasteiger partial charge in [-0.3, -0.25) is 0 Å². The molecule has 0 spiro atoms. The average molecular weight is 1780 g/mol. The molecule has 0 fully saturated rings. The van der Waals surface area contributed by atoms with Crippen LogP contribution in [0.4, 0.5) is 45.5 Å². The van der Waals surface area contributed by atoms with E-state index in [0.717, 1.165) is 17.1 Å². The van der Waals surface area contributed by atoms with Crippen molar-refractivity contribution in [3.05, 3.63) is 557 Å². The summed E-state index contributed by atoms with van der Waals surface area (Å²) in [5, 5.41) is 7.94. The van der Waals surface area contributed by atoms with Crippen LogP contribution < -0.4 is 14.7 Å². The molecule has 24 aromatic rings. The predicted octanol–water partition coefficient (Wildman–Crippen LogP) is 36.0. The summed E-state index contributed by atoms with van der Waals surface area (Å²) in [5.74, 6) is 0. The third-order valence-corrected chi connectivity index (χ3v) is 25.9. The lowest BCUT2D eigenvalue weighted by atomic mass is 10.0. The van der Waals surface area contributed by atoms with Crippen LogP contribution >= 0.6 is 0 Å². The SMILES string of the molecule is CN(c1ccc(-c2ccccc2)cc1)c1ccc(-c2ccccc2)cc1.Cc1ccc(N(c2ccc(-c3ccccc3)cc2)c2ccc(-c3ccccc3)cc2)cc1.Cc1ccc(N(c2ccccc2)c2ccccc2)cc1.Cn1c2ccc(-c3ccccc3)cc2c2cc(-c3ccccc3)ccc21.Cn1c2ccccc2c2cc(-c3ccccc3)ccc21.Cn1c2ccccc2c2ccccc21. The van der Waals surface area contributed by atoms with Gasteiger partial charge in [0.25, 0.3) is 0 Å². The van der Waals surface area contributed by atoms with E-state index in [1.807, 2.05) is 24.3 Å². The van der Waals surface area contributed by atoms with Crippen molar-refractivity contribution in [1.29, 1.82) is 0 Å². The van der Waals surface area contributed by atoms with Crippen LogP contribution in [0.1, 0.15) is 11.1 Å². The second kappa shape index (κ2) is 42.5. The number of nitrogens with zero attached hydrogens (tertiary/aromatic N) is 6. The minimum atomic E-state index is 1.14. The summed E-state index contributed by atoms with van der Waals surface area (Å²) in [6.07, 6.45) is 0. The first-order valence-corrected chi connectivity index (χ1v) is 47.2. The minimum absolute atomic E-state index is 1.14. The molecule has 0 aliphatic rings. The fourth-order valence-electron chi connectivity index (χ4n) is 18.4. The summed E-state index contributed by atoms with van der Waals surface area (Å²) in [6.45, 7) is 4.23. The zero-order valence-corrected chi connectivity index (χ0v) is 78.6. The van der Waals surface area contributed by atoms with Gasteiger partial charge in [-0.2, -0.15) is 0 Å². The molecule has 0 aliphatic carbocycles. The number of para-hydroxylation sites is 5. The monoisotopic (exact) mass is 1780 g/mol. The van der Waals surface area contributed by atoms with Gasteiger partial charge in [0, 0.05) is 139 Å². The van der Waals surface area contributed by atoms with E-state index in [2.05, 4.69) is 592 Å². The van der Waals surface area contributed by atoms with Crippen LogP contribution in [0.2, 0.25) is 0 Å². The summed E-state index contributed by atoms with van der Waals surface area (Å²) in [6, 6.07) is 193. The highest BCUT2D eigenvalue weighted by molar-refractivity contribution is 6.12. The Morgan fingerprint density at radius 1 is 0.138 bits per heavy atom. The zero-order chi connectivity index (χ0) is 93.9. The van der Waals surface area contributed by atoms with E-state index in [-0.39, 0.29) is 0 Å². The second-order valence-corrected chi connectivity index (χ2v) is 34.7. The lowest BCUT2D eigenvalue weighted by Crippen LogP contribution is -2.09. The van der Waals surface area contributed by atoms with E-state index in [0.29, 0.717) is 0 Å². The fraction of sp³-hybridized carbons (Fsp3) is 0.0455. The Hall–Kier alpha value is -17.6. The molecular weight excluding hydrogens is 1670 g/mol. The smallest absolute Gasteiger partial charge is 0.0489 e. The standard InChI is InChI=1S/C31H25N.C25H19N.C25H21N.C19H15N.C19H17N.C13H11N/c1-24-12-18-29(19-13-24)32(30-20-14-27(15-21-30)25-8-4-2-5-9-25)31-22-16-28(17-23-31)26-10-6-3-7-11-26;1-26-24-14-12-20(18-8-4-2-5-9-18)16-22(24)23-17-21(13-15-25(23)26)19-10-6-3-7-11-19;1-26(24-16-12-22(13-17-24)20-8-4-2-5-9-20)25-18-14-23(15-19-25)21-10-6-3-7-11-21;1-20-18-10-6-5-9-16(18)17-13-15(11-12-19(17)20)14-7-3-2-4-8-14;1-16-12-14-19(15-13-16)20(17-8-4-2-5-9-17)18-10-6-3-7-11-18;1-14-12-8-4-2-6-10(12)11-7-3-5-9-13(11)14/h2-23H,1H3;2-17H,1H3;2-19H,1H3;2-13H,1H3;2-15H,1H3;2-9H,1H3. The molecular formula is C132H108N6. The lowest BCUT2D eigenvalue weighted by Gasteiger charge is -2.26. The van der Waals surface area contributed by atoms with Gasteiger partial charge < -0.3 is 28.4 Å². The van der Waals surface area contributed by atoms with E-state index in [9.17, 15) is 0 Å². The van der Waals surface area contributed by atoms with Gasteiger partial charge in [0.2, 0.25) is 0 Å². The Kier molecular flexibility index (Phi) is 27.6. The van der Waals surface area contributed by atoms with Crippen LogP contribution in [0.5, 0.6) is 0 Å². The first-order chi connectivity index (χ1) is 68.0. The van der Waals surface area contributed by atoms with Crippen molar-refractivity contribution < 1.29 is 0 Å². The number of fused-ring (bicyclic) bond motifs is 9. The average Bonchev–Trinajstić information content (AvgIpc) is 1.61. The van der Waals surface area contributed by atoms with Gasteiger partial charge >= 0.3 is 0 Å². The number of anilines is 8. The van der Waals surface area contributed by atoms with Gasteiger partial charge in [-0.25, -0.2) is 0 Å². The highest BCUT2D eigenvalue weighted by Gasteiger charge is 2.18. The van der Waals surface area contributed by atoms with E-state index in [1.165, 1.54) is 183 Å². The summed E-state index contributed by atoms with van der Waals surface area (Å²) in [5.41, 5.74) is 37.0. The van der Waals surface area contributed by atoms with Crippen LogP contribution in [-0.4, -0.2) is 20.7 Å². The first-order valence-electron chi connectivity index (χ1n) is 47.2. The van der Waals surface area contributed by atoms with Crippen LogP contribution in [0.3, 0.4) is 0 Å². The highest BCUT2D eigenvalue weighted by atomic mass is 15.1. The molecule has 21 aromatic carbocycles. The maximum absolute atomic E-state index is 2.32. The maximum Gasteiger partial charge on any atom is 0.0489 e. The molecule has 3 heterocycles. The van der Waals surface area contributed by atoms with E-state index < -0.39 is 0 Å². The van der Waals surface area contributed by atoms with Gasteiger partial charge in [0.05, 0.1) is 0 Å². The maximum atomic E-state index is 2.32. The van der Waals surface area contributed by atoms with Crippen molar-refractivity contribution in [3.8, 4) is 77.9 Å². The van der Waals surface area contributed by atoms with Crippen LogP contribution in [0.25, 0.3) is 143 Å². The molecule has 24 rings (SSSR count). The van der Waals surface area contributed by atoms with Crippen molar-refractivity contribution in [1.82, 2.24) is 13.7 Å². The van der Waals surface area contributed by atoms with Crippen molar-refractivity contribution in [2.75, 3.05) is 21.7 Å². The molecule has 0 aliphatic heterocycles. The highest BCUT2D eigenvalue weighted by Crippen LogP contribution is 2.42. The van der Waals surface area contributed by atoms with Crippen molar-refractivity contribution >= 4 is 111 Å². The molecule has 0 N–H and O–H groups in total. The Morgan fingerprint density at radius 3 is 0.543 bits per heavy atom. The quantitative estimate of drug-likeness (QED) is 0.102. The molecule has 0 bridgehead atoms. The van der Waals surface area contributed by atoms with Crippen LogP contribution in [0, 0.1) is 13.8 Å². The molecule has 0 saturated heterocycles. The zero-order valence-electron chi connectivity index (χ0n) is 78.6. The van der Waals surface area contributed by atoms with Gasteiger partial charge in [-0.05, 0) is 243 Å². The van der Waals surface area contributed by atoms with Crippen molar-refractivity contribution in [2.24, 2.45) is 21.1 Å². The minimum Gasteiger partial charge on any atom is -0.345 e. The number of rotatable bonds is 15. The van der Waals surface area contributed by atoms with E-state index in [1.54, 1.807) is 0 Å². The number of benzene rings is 21. The molecule has 138 heavy (non-hydrogen) atoms. The molecule has 0 radical (unpaired) electrons. The molecule has 0 unspecified atom stereocenters. The normalized spacial score (nSPS) is 10.8. The van der Waals surface area contributed by atoms with Crippen LogP contribution in [0.15, 0.2) is 546 Å². The molecule has 3 aromatic heterocycles. The van der Waals surface area contributed by atoms with Crippen molar-refractivity contribution in [2.45, 2.75) is 13.8 Å². The topological polar surface area (TPSA) is 24.5 Å². The summed E-state index contributed by atoms with van der Waals surface area (Å²) < 4.78 is 6.79. The second-order valence-electron chi connectivity index (χ2n) is 34.7. The molecule has 6 nitrogen and oxygen atoms in total. The van der Waals surface area contributed by atoms with E-state index in [4.69, 9.17) is 0 Å². The van der Waals surface area contributed by atoms with Gasteiger partial charge in [0.15, 0.2) is 0 Å². The Morgan fingerprint density at radius 2 is 0.297 bits per heavy atom. The molecule has 0 saturated carbocycles. The molecule has 0 atom stereocenters. The molecule has 666 valence electrons. The Labute approximate surface area is 810 Å². The fourth-order valence-corrected chi connectivity index (χ4v) is 18.4. The van der Waals surface area contributed by atoms with Gasteiger partial charge in [0.1, 0.15) is 0 Å². The van der Waals surface area contributed by atoms with E-state index >= 15 is 0 Å². The largest absolute Gasteiger partial charge is 0.345 e. The molecule has 0 amide bonds. The number of aryl methyl sites for hydroxylation is 5. The van der Waals surface area contributed by atoms with Gasteiger partial charge in [-0.15, -0.1) is 0 Å².